The summed E-state index contributed by atoms with van der Waals surface area (Å²) in [6.07, 6.45) is 1.20. The Labute approximate surface area is 212 Å². The van der Waals surface area contributed by atoms with Crippen LogP contribution in [0.1, 0.15) is 30.0 Å². The number of methoxy groups -OCH3 is 2. The first-order chi connectivity index (χ1) is 17.4. The zero-order valence-electron chi connectivity index (χ0n) is 21.0. The molecule has 3 aromatic carbocycles. The molecule has 0 fully saturated rings. The number of halogens is 1. The summed E-state index contributed by atoms with van der Waals surface area (Å²) in [7, 11) is 3.09. The van der Waals surface area contributed by atoms with Crippen molar-refractivity contribution in [2.45, 2.75) is 38.8 Å². The predicted octanol–water partition coefficient (Wildman–Crippen LogP) is 4.55. The molecule has 1 N–H and O–H groups in total. The average molecular weight is 493 g/mol. The second-order valence-electron chi connectivity index (χ2n) is 8.51. The molecule has 2 amide bonds. The number of amides is 2. The first-order valence-electron chi connectivity index (χ1n) is 12.0. The highest BCUT2D eigenvalue weighted by Gasteiger charge is 2.30. The lowest BCUT2D eigenvalue weighted by atomic mass is 10.0. The van der Waals surface area contributed by atoms with Crippen molar-refractivity contribution < 1.29 is 23.5 Å². The van der Waals surface area contributed by atoms with Gasteiger partial charge in [0.05, 0.1) is 20.6 Å². The van der Waals surface area contributed by atoms with Crippen molar-refractivity contribution in [1.29, 1.82) is 0 Å². The number of rotatable bonds is 12. The molecule has 0 saturated heterocycles. The molecule has 0 saturated carbocycles. The number of hydrogen-bond acceptors (Lipinski definition) is 4. The van der Waals surface area contributed by atoms with Crippen LogP contribution in [0.5, 0.6) is 11.5 Å². The second-order valence-corrected chi connectivity index (χ2v) is 8.51. The van der Waals surface area contributed by atoms with Crippen molar-refractivity contribution >= 4 is 11.8 Å². The summed E-state index contributed by atoms with van der Waals surface area (Å²) in [5.74, 6) is 0.290. The third-order valence-corrected chi connectivity index (χ3v) is 5.89. The van der Waals surface area contributed by atoms with Gasteiger partial charge in [-0.1, -0.05) is 55.5 Å². The van der Waals surface area contributed by atoms with E-state index < -0.39 is 6.04 Å². The normalized spacial score (nSPS) is 11.4. The Morgan fingerprint density at radius 2 is 1.56 bits per heavy atom. The number of benzene rings is 3. The van der Waals surface area contributed by atoms with E-state index in [2.05, 4.69) is 5.32 Å². The van der Waals surface area contributed by atoms with Gasteiger partial charge < -0.3 is 19.7 Å². The van der Waals surface area contributed by atoms with Gasteiger partial charge in [0.15, 0.2) is 11.5 Å². The first kappa shape index (κ1) is 26.7. The molecule has 3 aromatic rings. The molecule has 3 rings (SSSR count). The highest BCUT2D eigenvalue weighted by Crippen LogP contribution is 2.28. The summed E-state index contributed by atoms with van der Waals surface area (Å²) in [5, 5.41) is 2.95. The molecule has 190 valence electrons. The maximum atomic E-state index is 13.7. The lowest BCUT2D eigenvalue weighted by Gasteiger charge is -2.31. The minimum Gasteiger partial charge on any atom is -0.493 e. The smallest absolute Gasteiger partial charge is 0.243 e. The molecule has 0 aromatic heterocycles. The fourth-order valence-electron chi connectivity index (χ4n) is 3.97. The second kappa shape index (κ2) is 13.3. The molecule has 0 aliphatic carbocycles. The summed E-state index contributed by atoms with van der Waals surface area (Å²) in [6.45, 7) is 2.66. The standard InChI is InChI=1S/C29H33FN2O4/c1-4-16-31-29(34)25(17-21-8-6-5-7-9-21)32(20-22-10-13-24(30)14-11-22)28(33)19-23-12-15-26(35-2)27(18-23)36-3/h5-15,18,25H,4,16-17,19-20H2,1-3H3,(H,31,34). The third-order valence-electron chi connectivity index (χ3n) is 5.89. The molecule has 0 aliphatic heterocycles. The fraction of sp³-hybridized carbons (Fsp3) is 0.310. The van der Waals surface area contributed by atoms with E-state index in [-0.39, 0.29) is 30.6 Å². The van der Waals surface area contributed by atoms with E-state index in [0.29, 0.717) is 24.5 Å². The lowest BCUT2D eigenvalue weighted by molar-refractivity contribution is -0.140. The van der Waals surface area contributed by atoms with Crippen molar-refractivity contribution in [3.05, 3.63) is 95.3 Å². The van der Waals surface area contributed by atoms with E-state index in [1.165, 1.54) is 19.2 Å². The van der Waals surface area contributed by atoms with Gasteiger partial charge in [-0.25, -0.2) is 4.39 Å². The minimum absolute atomic E-state index is 0.0634. The van der Waals surface area contributed by atoms with Gasteiger partial charge >= 0.3 is 0 Å². The van der Waals surface area contributed by atoms with Crippen LogP contribution in [-0.2, 0) is 29.0 Å². The highest BCUT2D eigenvalue weighted by molar-refractivity contribution is 5.88. The zero-order chi connectivity index (χ0) is 25.9. The first-order valence-corrected chi connectivity index (χ1v) is 12.0. The lowest BCUT2D eigenvalue weighted by Crippen LogP contribution is -2.51. The topological polar surface area (TPSA) is 67.9 Å². The van der Waals surface area contributed by atoms with Crippen LogP contribution in [0, 0.1) is 5.82 Å². The Kier molecular flexibility index (Phi) is 9.86. The van der Waals surface area contributed by atoms with Crippen molar-refractivity contribution in [3.63, 3.8) is 0 Å². The molecule has 36 heavy (non-hydrogen) atoms. The van der Waals surface area contributed by atoms with Crippen LogP contribution in [0.4, 0.5) is 4.39 Å². The molecule has 1 atom stereocenters. The Balaban J connectivity index is 1.96. The average Bonchev–Trinajstić information content (AvgIpc) is 2.90. The van der Waals surface area contributed by atoms with Gasteiger partial charge in [-0.3, -0.25) is 9.59 Å². The van der Waals surface area contributed by atoms with Crippen molar-refractivity contribution in [2.75, 3.05) is 20.8 Å². The number of nitrogens with zero attached hydrogens (tertiary/aromatic N) is 1. The van der Waals surface area contributed by atoms with E-state index in [0.717, 1.165) is 23.1 Å². The van der Waals surface area contributed by atoms with Crippen LogP contribution in [0.2, 0.25) is 0 Å². The SMILES string of the molecule is CCCNC(=O)C(Cc1ccccc1)N(Cc1ccc(F)cc1)C(=O)Cc1ccc(OC)c(OC)c1. The van der Waals surface area contributed by atoms with Crippen LogP contribution >= 0.6 is 0 Å². The van der Waals surface area contributed by atoms with Crippen LogP contribution in [0.3, 0.4) is 0 Å². The van der Waals surface area contributed by atoms with Gasteiger partial charge in [-0.2, -0.15) is 0 Å². The monoisotopic (exact) mass is 492 g/mol. The highest BCUT2D eigenvalue weighted by atomic mass is 19.1. The Morgan fingerprint density at radius 1 is 0.889 bits per heavy atom. The fourth-order valence-corrected chi connectivity index (χ4v) is 3.97. The molecule has 1 unspecified atom stereocenters. The van der Waals surface area contributed by atoms with E-state index in [9.17, 15) is 14.0 Å². The molecule has 0 aliphatic rings. The van der Waals surface area contributed by atoms with Gasteiger partial charge in [0.1, 0.15) is 11.9 Å². The molecule has 0 radical (unpaired) electrons. The largest absolute Gasteiger partial charge is 0.493 e. The van der Waals surface area contributed by atoms with Gasteiger partial charge in [-0.15, -0.1) is 0 Å². The summed E-state index contributed by atoms with van der Waals surface area (Å²) in [6, 6.07) is 20.2. The van der Waals surface area contributed by atoms with E-state index in [1.54, 1.807) is 42.3 Å². The van der Waals surface area contributed by atoms with E-state index in [1.807, 2.05) is 37.3 Å². The van der Waals surface area contributed by atoms with Crippen LogP contribution in [0.15, 0.2) is 72.8 Å². The number of nitrogens with one attached hydrogen (secondary N) is 1. The predicted molar refractivity (Wildman–Crippen MR) is 137 cm³/mol. The zero-order valence-corrected chi connectivity index (χ0v) is 21.0. The number of carbonyl (C=O) groups excluding carboxylic acids is 2. The van der Waals surface area contributed by atoms with E-state index in [4.69, 9.17) is 9.47 Å². The van der Waals surface area contributed by atoms with Crippen molar-refractivity contribution in [2.24, 2.45) is 0 Å². The molecule has 0 bridgehead atoms. The molecule has 7 heteroatoms. The Hall–Kier alpha value is -3.87. The van der Waals surface area contributed by atoms with Gasteiger partial charge in [0.2, 0.25) is 11.8 Å². The van der Waals surface area contributed by atoms with Crippen molar-refractivity contribution in [3.8, 4) is 11.5 Å². The van der Waals surface area contributed by atoms with Gasteiger partial charge in [-0.05, 0) is 47.4 Å². The Morgan fingerprint density at radius 3 is 2.19 bits per heavy atom. The van der Waals surface area contributed by atoms with Crippen LogP contribution in [0.25, 0.3) is 0 Å². The van der Waals surface area contributed by atoms with Gasteiger partial charge in [0.25, 0.3) is 0 Å². The quantitative estimate of drug-likeness (QED) is 0.403. The molecular weight excluding hydrogens is 459 g/mol. The minimum atomic E-state index is -0.739. The summed E-state index contributed by atoms with van der Waals surface area (Å²) < 4.78 is 24.2. The summed E-state index contributed by atoms with van der Waals surface area (Å²) in [4.78, 5) is 28.7. The Bertz CT molecular complexity index is 1140. The molecule has 6 nitrogen and oxygen atoms in total. The number of hydrogen-bond donors (Lipinski definition) is 1. The maximum absolute atomic E-state index is 13.7. The summed E-state index contributed by atoms with van der Waals surface area (Å²) >= 11 is 0. The van der Waals surface area contributed by atoms with Gasteiger partial charge in [0, 0.05) is 19.5 Å². The maximum Gasteiger partial charge on any atom is 0.243 e. The van der Waals surface area contributed by atoms with E-state index >= 15 is 0 Å². The summed E-state index contributed by atoms with van der Waals surface area (Å²) in [5.41, 5.74) is 2.41. The molecule has 0 spiro atoms. The third kappa shape index (κ3) is 7.31. The van der Waals surface area contributed by atoms with Crippen LogP contribution < -0.4 is 14.8 Å². The molecule has 0 heterocycles. The number of carbonyl (C=O) groups is 2. The molecular formula is C29H33FN2O4. The van der Waals surface area contributed by atoms with Crippen LogP contribution in [-0.4, -0.2) is 43.5 Å². The number of ether oxygens (including phenoxy) is 2. The van der Waals surface area contributed by atoms with Crippen molar-refractivity contribution in [1.82, 2.24) is 10.2 Å².